The third-order valence-electron chi connectivity index (χ3n) is 4.30. The van der Waals surface area contributed by atoms with Gasteiger partial charge in [0.25, 0.3) is 0 Å². The molecule has 1 aromatic rings. The first-order valence-electron chi connectivity index (χ1n) is 8.46. The van der Waals surface area contributed by atoms with E-state index in [1.165, 1.54) is 6.26 Å². The van der Waals surface area contributed by atoms with E-state index >= 15 is 0 Å². The van der Waals surface area contributed by atoms with Gasteiger partial charge in [-0.05, 0) is 59.0 Å². The van der Waals surface area contributed by atoms with Gasteiger partial charge in [0.15, 0.2) is 15.8 Å². The van der Waals surface area contributed by atoms with Gasteiger partial charge in [0.1, 0.15) is 0 Å². The van der Waals surface area contributed by atoms with E-state index in [1.54, 1.807) is 6.07 Å². The molecule has 0 spiro atoms. The van der Waals surface area contributed by atoms with E-state index in [1.807, 2.05) is 26.0 Å². The first kappa shape index (κ1) is 21.4. The lowest BCUT2D eigenvalue weighted by molar-refractivity contribution is 0.197. The normalized spacial score (nSPS) is 13.2. The molecule has 0 aliphatic rings. The molecular weight excluding hydrogens is 336 g/mol. The first-order chi connectivity index (χ1) is 11.5. The van der Waals surface area contributed by atoms with Gasteiger partial charge < -0.3 is 15.5 Å². The Labute approximate surface area is 152 Å². The molecule has 0 aromatic heterocycles. The number of benzene rings is 1. The summed E-state index contributed by atoms with van der Waals surface area (Å²) in [5.41, 5.74) is 1.74. The number of rotatable bonds is 7. The van der Waals surface area contributed by atoms with Crippen molar-refractivity contribution in [3.05, 3.63) is 29.3 Å². The van der Waals surface area contributed by atoms with Gasteiger partial charge in [-0.15, -0.1) is 0 Å². The van der Waals surface area contributed by atoms with Crippen LogP contribution in [0.4, 0.5) is 0 Å². The highest BCUT2D eigenvalue weighted by molar-refractivity contribution is 7.90. The summed E-state index contributed by atoms with van der Waals surface area (Å²) < 4.78 is 23.4. The number of sulfone groups is 1. The van der Waals surface area contributed by atoms with Gasteiger partial charge in [-0.25, -0.2) is 13.4 Å². The summed E-state index contributed by atoms with van der Waals surface area (Å²) in [6.45, 7) is 10.2. The number of nitrogens with zero attached hydrogens (tertiary/aromatic N) is 2. The summed E-state index contributed by atoms with van der Waals surface area (Å²) >= 11 is 0. The van der Waals surface area contributed by atoms with Crippen LogP contribution in [0.15, 0.2) is 28.1 Å². The van der Waals surface area contributed by atoms with Gasteiger partial charge in [-0.3, -0.25) is 0 Å². The van der Waals surface area contributed by atoms with Crippen molar-refractivity contribution in [1.29, 1.82) is 0 Å². The van der Waals surface area contributed by atoms with Crippen molar-refractivity contribution in [1.82, 2.24) is 15.5 Å². The number of hydrogen-bond donors (Lipinski definition) is 2. The van der Waals surface area contributed by atoms with Gasteiger partial charge in [-0.2, -0.15) is 0 Å². The summed E-state index contributed by atoms with van der Waals surface area (Å²) in [6, 6.07) is 5.36. The zero-order valence-corrected chi connectivity index (χ0v) is 17.3. The molecule has 0 atom stereocenters. The number of aliphatic imine (C=N–C) groups is 1. The van der Waals surface area contributed by atoms with Gasteiger partial charge in [0, 0.05) is 24.9 Å². The van der Waals surface area contributed by atoms with E-state index in [-0.39, 0.29) is 5.54 Å². The Morgan fingerprint density at radius 2 is 1.88 bits per heavy atom. The third-order valence-corrected chi connectivity index (χ3v) is 5.56. The highest BCUT2D eigenvalue weighted by atomic mass is 32.2. The van der Waals surface area contributed by atoms with Crippen molar-refractivity contribution in [2.75, 3.05) is 33.4 Å². The van der Waals surface area contributed by atoms with Crippen LogP contribution in [-0.2, 0) is 16.4 Å². The Kier molecular flexibility index (Phi) is 7.44. The lowest BCUT2D eigenvalue weighted by Gasteiger charge is -2.33. The molecule has 142 valence electrons. The second-order valence-corrected chi connectivity index (χ2v) is 9.11. The topological polar surface area (TPSA) is 73.8 Å². The molecule has 1 aromatic carbocycles. The van der Waals surface area contributed by atoms with Crippen molar-refractivity contribution in [3.8, 4) is 0 Å². The molecule has 0 radical (unpaired) electrons. The summed E-state index contributed by atoms with van der Waals surface area (Å²) in [7, 11) is 0.918. The van der Waals surface area contributed by atoms with Gasteiger partial charge in [-0.1, -0.05) is 12.1 Å². The second kappa shape index (κ2) is 8.67. The fourth-order valence-corrected chi connectivity index (χ4v) is 3.16. The Hall–Kier alpha value is -1.60. The monoisotopic (exact) mass is 368 g/mol. The van der Waals surface area contributed by atoms with Crippen molar-refractivity contribution >= 4 is 15.8 Å². The number of likely N-dealkylation sites (N-methyl/N-ethyl adjacent to an activating group) is 1. The molecule has 0 heterocycles. The van der Waals surface area contributed by atoms with Crippen LogP contribution in [0.5, 0.6) is 0 Å². The smallest absolute Gasteiger partial charge is 0.191 e. The van der Waals surface area contributed by atoms with Crippen molar-refractivity contribution in [2.24, 2.45) is 4.99 Å². The average Bonchev–Trinajstić information content (AvgIpc) is 2.48. The Morgan fingerprint density at radius 3 is 2.36 bits per heavy atom. The molecule has 0 bridgehead atoms. The minimum absolute atomic E-state index is 0.00388. The molecular formula is C18H32N4O2S. The Morgan fingerprint density at radius 1 is 1.24 bits per heavy atom. The van der Waals surface area contributed by atoms with Crippen LogP contribution in [-0.4, -0.2) is 58.3 Å². The third kappa shape index (κ3) is 6.66. The maximum atomic E-state index is 11.7. The molecule has 2 N–H and O–H groups in total. The number of aryl methyl sites for hydroxylation is 1. The summed E-state index contributed by atoms with van der Waals surface area (Å²) in [5.74, 6) is 0.752. The standard InChI is InChI=1S/C18H32N4O2S/c1-8-19-17(21-13-18(3,4)22(5)6)20-12-15-9-10-16(14(2)11-15)25(7,23)24/h9-11H,8,12-13H2,1-7H3,(H2,19,20,21). The number of guanidine groups is 1. The summed E-state index contributed by atoms with van der Waals surface area (Å²) in [5, 5.41) is 6.60. The lowest BCUT2D eigenvalue weighted by Crippen LogP contribution is -2.50. The molecule has 0 saturated heterocycles. The molecule has 0 saturated carbocycles. The summed E-state index contributed by atoms with van der Waals surface area (Å²) in [4.78, 5) is 7.14. The zero-order valence-electron chi connectivity index (χ0n) is 16.5. The Bertz CT molecular complexity index is 710. The van der Waals surface area contributed by atoms with E-state index in [0.29, 0.717) is 11.4 Å². The quantitative estimate of drug-likeness (QED) is 0.567. The molecule has 0 aliphatic heterocycles. The minimum atomic E-state index is -3.19. The average molecular weight is 369 g/mol. The van der Waals surface area contributed by atoms with Gasteiger partial charge in [0.05, 0.1) is 11.4 Å². The van der Waals surface area contributed by atoms with Crippen LogP contribution < -0.4 is 10.6 Å². The first-order valence-corrected chi connectivity index (χ1v) is 10.4. The van der Waals surface area contributed by atoms with E-state index < -0.39 is 9.84 Å². The molecule has 0 amide bonds. The van der Waals surface area contributed by atoms with Crippen molar-refractivity contribution in [2.45, 2.75) is 44.7 Å². The van der Waals surface area contributed by atoms with Crippen LogP contribution >= 0.6 is 0 Å². The Balaban J connectivity index is 2.86. The van der Waals surface area contributed by atoms with Gasteiger partial charge >= 0.3 is 0 Å². The lowest BCUT2D eigenvalue weighted by atomic mass is 10.0. The molecule has 0 unspecified atom stereocenters. The van der Waals surface area contributed by atoms with Gasteiger partial charge in [0.2, 0.25) is 0 Å². The highest BCUT2D eigenvalue weighted by Crippen LogP contribution is 2.17. The van der Waals surface area contributed by atoms with E-state index in [0.717, 1.165) is 30.2 Å². The van der Waals surface area contributed by atoms with Crippen LogP contribution in [0.25, 0.3) is 0 Å². The molecule has 0 fully saturated rings. The minimum Gasteiger partial charge on any atom is -0.357 e. The molecule has 1 rings (SSSR count). The van der Waals surface area contributed by atoms with Crippen LogP contribution in [0.3, 0.4) is 0 Å². The van der Waals surface area contributed by atoms with Crippen molar-refractivity contribution < 1.29 is 8.42 Å². The van der Waals surface area contributed by atoms with Crippen LogP contribution in [0.1, 0.15) is 31.9 Å². The maximum Gasteiger partial charge on any atom is 0.191 e. The SMILES string of the molecule is CCNC(=NCc1ccc(S(C)(=O)=O)c(C)c1)NCC(C)(C)N(C)C. The predicted octanol–water partition coefficient (Wildman–Crippen LogP) is 1.79. The molecule has 25 heavy (non-hydrogen) atoms. The van der Waals surface area contributed by atoms with E-state index in [2.05, 4.69) is 48.5 Å². The van der Waals surface area contributed by atoms with E-state index in [9.17, 15) is 8.42 Å². The fourth-order valence-electron chi connectivity index (χ4n) is 2.20. The number of nitrogens with one attached hydrogen (secondary N) is 2. The maximum absolute atomic E-state index is 11.7. The predicted molar refractivity (Wildman–Crippen MR) is 105 cm³/mol. The van der Waals surface area contributed by atoms with Crippen LogP contribution in [0.2, 0.25) is 0 Å². The molecule has 0 aliphatic carbocycles. The largest absolute Gasteiger partial charge is 0.357 e. The molecule has 7 heteroatoms. The zero-order chi connectivity index (χ0) is 19.3. The molecule has 6 nitrogen and oxygen atoms in total. The fraction of sp³-hybridized carbons (Fsp3) is 0.611. The van der Waals surface area contributed by atoms with Crippen molar-refractivity contribution in [3.63, 3.8) is 0 Å². The highest BCUT2D eigenvalue weighted by Gasteiger charge is 2.20. The van der Waals surface area contributed by atoms with Crippen LogP contribution in [0, 0.1) is 6.92 Å². The summed E-state index contributed by atoms with van der Waals surface area (Å²) in [6.07, 6.45) is 1.23. The second-order valence-electron chi connectivity index (χ2n) is 7.13. The van der Waals surface area contributed by atoms with E-state index in [4.69, 9.17) is 0 Å². The number of hydrogen-bond acceptors (Lipinski definition) is 4.